The molecular formula is C8H9F2NO2. The van der Waals surface area contributed by atoms with Crippen molar-refractivity contribution in [2.75, 3.05) is 7.11 Å². The van der Waals surface area contributed by atoms with E-state index in [0.717, 1.165) is 13.2 Å². The molecule has 1 rings (SSSR count). The van der Waals surface area contributed by atoms with Gasteiger partial charge < -0.3 is 9.84 Å². The fourth-order valence-corrected chi connectivity index (χ4v) is 0.834. The van der Waals surface area contributed by atoms with Gasteiger partial charge in [-0.1, -0.05) is 6.07 Å². The lowest BCUT2D eigenvalue weighted by molar-refractivity contribution is -0.234. The van der Waals surface area contributed by atoms with Crippen molar-refractivity contribution in [3.63, 3.8) is 0 Å². The van der Waals surface area contributed by atoms with Gasteiger partial charge in [-0.05, 0) is 12.1 Å². The Hall–Kier alpha value is -1.07. The van der Waals surface area contributed by atoms with Crippen LogP contribution < -0.4 is 0 Å². The molecule has 5 heteroatoms. The number of aliphatic hydroxyl groups is 1. The Balaban J connectivity index is 3.01. The predicted molar refractivity (Wildman–Crippen MR) is 41.1 cm³/mol. The summed E-state index contributed by atoms with van der Waals surface area (Å²) in [5.74, 6) is 0. The van der Waals surface area contributed by atoms with Gasteiger partial charge in [0.25, 0.3) is 0 Å². The Kier molecular flexibility index (Phi) is 2.90. The van der Waals surface area contributed by atoms with E-state index in [1.165, 1.54) is 12.1 Å². The zero-order chi connectivity index (χ0) is 9.90. The number of rotatable bonds is 3. The number of pyridine rings is 1. The summed E-state index contributed by atoms with van der Waals surface area (Å²) in [5.41, 5.74) is -0.309. The maximum atomic E-state index is 12.8. The molecule has 72 valence electrons. The second-order valence-electron chi connectivity index (χ2n) is 2.39. The summed E-state index contributed by atoms with van der Waals surface area (Å²) in [6.07, 6.45) is -3.40. The standard InChI is InChI=1S/C8H9F2NO2/c1-13-8(9,10)7-4-2-3-6(5-12)11-7/h2-4,12H,5H2,1H3. The molecule has 0 saturated carbocycles. The van der Waals surface area contributed by atoms with Crippen LogP contribution in [0.1, 0.15) is 11.4 Å². The van der Waals surface area contributed by atoms with Crippen LogP contribution in [0.2, 0.25) is 0 Å². The second kappa shape index (κ2) is 3.76. The summed E-state index contributed by atoms with van der Waals surface area (Å²) in [4.78, 5) is 3.51. The SMILES string of the molecule is COC(F)(F)c1cccc(CO)n1. The molecule has 1 heterocycles. The van der Waals surface area contributed by atoms with Gasteiger partial charge >= 0.3 is 6.11 Å². The minimum Gasteiger partial charge on any atom is -0.390 e. The molecule has 0 bridgehead atoms. The van der Waals surface area contributed by atoms with Crippen molar-refractivity contribution >= 4 is 0 Å². The number of hydrogen-bond acceptors (Lipinski definition) is 3. The van der Waals surface area contributed by atoms with Crippen LogP contribution in [0.5, 0.6) is 0 Å². The highest BCUT2D eigenvalue weighted by Crippen LogP contribution is 2.26. The van der Waals surface area contributed by atoms with Gasteiger partial charge in [-0.25, -0.2) is 4.98 Å². The molecule has 1 aromatic heterocycles. The molecule has 0 unspecified atom stereocenters. The zero-order valence-electron chi connectivity index (χ0n) is 7.00. The molecular weight excluding hydrogens is 180 g/mol. The Bertz CT molecular complexity index is 291. The highest BCUT2D eigenvalue weighted by Gasteiger charge is 2.32. The molecule has 0 spiro atoms. The van der Waals surface area contributed by atoms with Gasteiger partial charge in [0.05, 0.1) is 12.3 Å². The molecule has 0 saturated heterocycles. The van der Waals surface area contributed by atoms with Crippen LogP contribution >= 0.6 is 0 Å². The van der Waals surface area contributed by atoms with Crippen LogP contribution in [0.15, 0.2) is 18.2 Å². The molecule has 13 heavy (non-hydrogen) atoms. The number of aromatic nitrogens is 1. The summed E-state index contributed by atoms with van der Waals surface area (Å²) in [6.45, 7) is -0.367. The van der Waals surface area contributed by atoms with Crippen molar-refractivity contribution in [3.05, 3.63) is 29.6 Å². The van der Waals surface area contributed by atoms with E-state index in [1.807, 2.05) is 0 Å². The van der Waals surface area contributed by atoms with E-state index in [0.29, 0.717) is 0 Å². The Morgan fingerprint density at radius 3 is 2.77 bits per heavy atom. The number of aliphatic hydroxyl groups excluding tert-OH is 1. The summed E-state index contributed by atoms with van der Waals surface area (Å²) < 4.78 is 29.6. The van der Waals surface area contributed by atoms with E-state index in [-0.39, 0.29) is 12.3 Å². The predicted octanol–water partition coefficient (Wildman–Crippen LogP) is 1.27. The Morgan fingerprint density at radius 2 is 2.23 bits per heavy atom. The van der Waals surface area contributed by atoms with Gasteiger partial charge in [0, 0.05) is 7.11 Å². The van der Waals surface area contributed by atoms with Crippen LogP contribution in [-0.2, 0) is 17.5 Å². The summed E-state index contributed by atoms with van der Waals surface area (Å²) >= 11 is 0. The fraction of sp³-hybridized carbons (Fsp3) is 0.375. The minimum absolute atomic E-state index is 0.189. The van der Waals surface area contributed by atoms with E-state index in [9.17, 15) is 8.78 Å². The Labute approximate surface area is 74.0 Å². The monoisotopic (exact) mass is 189 g/mol. The number of hydrogen-bond donors (Lipinski definition) is 1. The number of ether oxygens (including phenoxy) is 1. The van der Waals surface area contributed by atoms with Crippen molar-refractivity contribution < 1.29 is 18.6 Å². The molecule has 0 amide bonds. The highest BCUT2D eigenvalue weighted by molar-refractivity contribution is 5.13. The molecule has 0 radical (unpaired) electrons. The molecule has 1 aromatic rings. The maximum Gasteiger partial charge on any atom is 0.399 e. The van der Waals surface area contributed by atoms with Crippen molar-refractivity contribution in [2.45, 2.75) is 12.7 Å². The van der Waals surface area contributed by atoms with E-state index in [2.05, 4.69) is 9.72 Å². The number of methoxy groups -OCH3 is 1. The summed E-state index contributed by atoms with van der Waals surface area (Å²) in [6, 6.07) is 3.98. The normalized spacial score (nSPS) is 11.7. The van der Waals surface area contributed by atoms with Crippen LogP contribution in [-0.4, -0.2) is 17.2 Å². The first-order valence-corrected chi connectivity index (χ1v) is 3.60. The first kappa shape index (κ1) is 10.0. The Morgan fingerprint density at radius 1 is 1.54 bits per heavy atom. The quantitative estimate of drug-likeness (QED) is 0.778. The zero-order valence-corrected chi connectivity index (χ0v) is 7.00. The summed E-state index contributed by atoms with van der Waals surface area (Å²) in [7, 11) is 0.896. The van der Waals surface area contributed by atoms with Crippen molar-refractivity contribution in [1.29, 1.82) is 0 Å². The van der Waals surface area contributed by atoms with Gasteiger partial charge in [-0.3, -0.25) is 0 Å². The highest BCUT2D eigenvalue weighted by atomic mass is 19.3. The van der Waals surface area contributed by atoms with Gasteiger partial charge in [0.15, 0.2) is 0 Å². The lowest BCUT2D eigenvalue weighted by atomic mass is 10.3. The van der Waals surface area contributed by atoms with Gasteiger partial charge in [0.1, 0.15) is 5.69 Å². The van der Waals surface area contributed by atoms with Crippen molar-refractivity contribution in [1.82, 2.24) is 4.98 Å². The van der Waals surface area contributed by atoms with Gasteiger partial charge in [-0.2, -0.15) is 8.78 Å². The summed E-state index contributed by atoms with van der Waals surface area (Å²) in [5, 5.41) is 8.65. The molecule has 0 atom stereocenters. The second-order valence-corrected chi connectivity index (χ2v) is 2.39. The number of halogens is 2. The topological polar surface area (TPSA) is 42.4 Å². The van der Waals surface area contributed by atoms with E-state index < -0.39 is 11.8 Å². The number of nitrogens with zero attached hydrogens (tertiary/aromatic N) is 1. The first-order chi connectivity index (χ1) is 6.10. The van der Waals surface area contributed by atoms with E-state index >= 15 is 0 Å². The third-order valence-corrected chi connectivity index (χ3v) is 1.52. The molecule has 0 fully saturated rings. The van der Waals surface area contributed by atoms with Crippen LogP contribution in [0.3, 0.4) is 0 Å². The van der Waals surface area contributed by atoms with Gasteiger partial charge in [0.2, 0.25) is 0 Å². The van der Waals surface area contributed by atoms with Crippen LogP contribution in [0.25, 0.3) is 0 Å². The molecule has 0 aliphatic rings. The van der Waals surface area contributed by atoms with Crippen LogP contribution in [0, 0.1) is 0 Å². The van der Waals surface area contributed by atoms with E-state index in [1.54, 1.807) is 0 Å². The van der Waals surface area contributed by atoms with E-state index in [4.69, 9.17) is 5.11 Å². The maximum absolute atomic E-state index is 12.8. The van der Waals surface area contributed by atoms with Gasteiger partial charge in [-0.15, -0.1) is 0 Å². The lowest BCUT2D eigenvalue weighted by Gasteiger charge is -2.13. The third-order valence-electron chi connectivity index (χ3n) is 1.52. The molecule has 0 aliphatic carbocycles. The van der Waals surface area contributed by atoms with Crippen molar-refractivity contribution in [3.8, 4) is 0 Å². The van der Waals surface area contributed by atoms with Crippen molar-refractivity contribution in [2.24, 2.45) is 0 Å². The molecule has 0 aromatic carbocycles. The number of alkyl halides is 2. The minimum atomic E-state index is -3.40. The first-order valence-electron chi connectivity index (χ1n) is 3.60. The fourth-order valence-electron chi connectivity index (χ4n) is 0.834. The molecule has 3 nitrogen and oxygen atoms in total. The smallest absolute Gasteiger partial charge is 0.390 e. The van der Waals surface area contributed by atoms with Crippen LogP contribution in [0.4, 0.5) is 8.78 Å². The third kappa shape index (κ3) is 2.19. The molecule has 0 aliphatic heterocycles. The average molecular weight is 189 g/mol. The average Bonchev–Trinajstić information content (AvgIpc) is 2.18. The lowest BCUT2D eigenvalue weighted by Crippen LogP contribution is -2.18. The largest absolute Gasteiger partial charge is 0.399 e. The molecule has 1 N–H and O–H groups in total.